The maximum atomic E-state index is 8.46. The third-order valence-corrected chi connectivity index (χ3v) is 15.6. The van der Waals surface area contributed by atoms with Crippen molar-refractivity contribution in [3.63, 3.8) is 0 Å². The number of rotatable bonds is 0. The van der Waals surface area contributed by atoms with E-state index in [0.29, 0.717) is 0 Å². The van der Waals surface area contributed by atoms with Gasteiger partial charge in [-0.2, -0.15) is 23.9 Å². The molecule has 98 valence electrons. The van der Waals surface area contributed by atoms with E-state index in [1.165, 1.54) is 10.8 Å². The molecule has 0 radical (unpaired) electrons. The van der Waals surface area contributed by atoms with E-state index in [0.717, 1.165) is 6.41 Å². The molecule has 6 heteroatoms. The zero-order valence-electron chi connectivity index (χ0n) is 10.3. The number of carbonyl (C=O) groups excluding carboxylic acids is 1. The quantitative estimate of drug-likeness (QED) is 0.445. The summed E-state index contributed by atoms with van der Waals surface area (Å²) in [4.78, 5) is 8.46. The van der Waals surface area contributed by atoms with Crippen LogP contribution in [0.25, 0.3) is 10.8 Å². The Bertz CT molecular complexity index is 465. The van der Waals surface area contributed by atoms with Crippen LogP contribution in [0.4, 0.5) is 0 Å². The van der Waals surface area contributed by atoms with Crippen molar-refractivity contribution in [2.45, 2.75) is 13.1 Å². The van der Waals surface area contributed by atoms with Gasteiger partial charge in [-0.1, -0.05) is 6.07 Å². The van der Waals surface area contributed by atoms with E-state index < -0.39 is 14.5 Å². The first kappa shape index (κ1) is 17.8. The molecule has 2 aromatic rings. The van der Waals surface area contributed by atoms with Crippen molar-refractivity contribution in [1.82, 2.24) is 0 Å². The molecule has 0 aliphatic carbocycles. The van der Waals surface area contributed by atoms with Crippen molar-refractivity contribution in [2.75, 3.05) is 0 Å². The number of hydrogen-bond acceptors (Lipinski definition) is 1. The van der Waals surface area contributed by atoms with Crippen LogP contribution in [0.1, 0.15) is 0 Å². The SMILES string of the molecule is C[Si](C)=[Ti]([Cl])[Cl].N[C-]=O.c1ccc2[cH-]ccc2c1. The molecule has 2 N–H and O–H groups in total. The number of hydrogen-bond donors (Lipinski definition) is 1. The Balaban J connectivity index is 0.000000282. The second-order valence-corrected chi connectivity index (χ2v) is 19.6. The fraction of sp³-hybridized carbons (Fsp3) is 0.167. The van der Waals surface area contributed by atoms with Crippen molar-refractivity contribution in [2.24, 2.45) is 5.73 Å². The summed E-state index contributed by atoms with van der Waals surface area (Å²) in [6, 6.07) is 14.7. The Morgan fingerprint density at radius 3 is 2.22 bits per heavy atom. The molecule has 0 saturated heterocycles. The summed E-state index contributed by atoms with van der Waals surface area (Å²) in [5, 5.41) is 2.66. The smallest absolute Gasteiger partial charge is 0.0809 e. The Kier molecular flexibility index (Phi) is 10.6. The number of benzene rings is 1. The van der Waals surface area contributed by atoms with E-state index in [2.05, 4.69) is 61.3 Å². The topological polar surface area (TPSA) is 43.1 Å². The maximum absolute atomic E-state index is 8.46. The largest absolute Gasteiger partial charge is 0.543 e. The van der Waals surface area contributed by atoms with E-state index in [1.807, 2.05) is 0 Å². The second-order valence-electron chi connectivity index (χ2n) is 3.53. The van der Waals surface area contributed by atoms with E-state index in [1.54, 1.807) is 0 Å². The molecule has 0 aromatic heterocycles. The molecular weight excluding hydrogens is 321 g/mol. The van der Waals surface area contributed by atoms with Crippen molar-refractivity contribution in [3.8, 4) is 0 Å². The van der Waals surface area contributed by atoms with Gasteiger partial charge in [0.2, 0.25) is 0 Å². The third-order valence-electron chi connectivity index (χ3n) is 1.93. The van der Waals surface area contributed by atoms with Gasteiger partial charge >= 0.3 is 52.4 Å². The number of primary amides is 1. The van der Waals surface area contributed by atoms with Gasteiger partial charge in [-0.05, 0) is 0 Å². The summed E-state index contributed by atoms with van der Waals surface area (Å²) < 4.78 is 0. The molecule has 2 nitrogen and oxygen atoms in total. The van der Waals surface area contributed by atoms with Gasteiger partial charge in [0, 0.05) is 0 Å². The minimum absolute atomic E-state index is 0.254. The summed E-state index contributed by atoms with van der Waals surface area (Å²) in [5.41, 5.74) is 4.04. The van der Waals surface area contributed by atoms with Gasteiger partial charge < -0.3 is 10.5 Å². The molecule has 0 unspecified atom stereocenters. The van der Waals surface area contributed by atoms with Crippen LogP contribution in [0.3, 0.4) is 0 Å². The fourth-order valence-corrected chi connectivity index (χ4v) is 1.07. The van der Waals surface area contributed by atoms with Crippen LogP contribution >= 0.6 is 18.6 Å². The van der Waals surface area contributed by atoms with Gasteiger partial charge in [-0.25, -0.2) is 0 Å². The molecule has 0 fully saturated rings. The molecule has 2 rings (SSSR count). The normalized spacial score (nSPS) is 8.44. The molecule has 0 saturated carbocycles. The van der Waals surface area contributed by atoms with Gasteiger partial charge in [-0.15, -0.1) is 29.7 Å². The predicted molar refractivity (Wildman–Crippen MR) is 78.6 cm³/mol. The molecule has 0 spiro atoms. The third kappa shape index (κ3) is 8.01. The maximum Gasteiger partial charge on any atom is -0.0809 e. The average molecular weight is 336 g/mol. The van der Waals surface area contributed by atoms with Crippen LogP contribution in [0.2, 0.25) is 13.1 Å². The Morgan fingerprint density at radius 1 is 1.28 bits per heavy atom. The summed E-state index contributed by atoms with van der Waals surface area (Å²) in [5.74, 6) is 0. The number of halogens is 2. The van der Waals surface area contributed by atoms with E-state index >= 15 is 0 Å². The van der Waals surface area contributed by atoms with Crippen LogP contribution in [0.5, 0.6) is 0 Å². The number of nitrogens with two attached hydrogens (primary N) is 1. The zero-order chi connectivity index (χ0) is 14.0. The molecule has 0 bridgehead atoms. The molecule has 0 heterocycles. The molecule has 1 amide bonds. The molecular formula is C12H15Cl2NOSiTi-2. The monoisotopic (exact) mass is 335 g/mol. The van der Waals surface area contributed by atoms with Crippen LogP contribution in [-0.4, -0.2) is 12.6 Å². The first-order valence-electron chi connectivity index (χ1n) is 5.19. The second kappa shape index (κ2) is 10.7. The van der Waals surface area contributed by atoms with Gasteiger partial charge in [0.1, 0.15) is 0 Å². The van der Waals surface area contributed by atoms with Crippen molar-refractivity contribution in [3.05, 3.63) is 42.5 Å². The molecule has 2 aromatic carbocycles. The standard InChI is InChI=1S/C9H7.C2H6Si.CH2NO.2ClH.Ti/c1-2-5-9-7-3-6-8(9)4-1;1-3-2;2-1-3;;;/h1-7H;1-2H3;(H2,2,3);2*1H;/q-1;;-1;;;+2/p-2. The van der Waals surface area contributed by atoms with Crippen molar-refractivity contribution < 1.29 is 19.3 Å². The summed E-state index contributed by atoms with van der Waals surface area (Å²) in [7, 11) is 11.2. The average Bonchev–Trinajstić information content (AvgIpc) is 2.78. The fourth-order valence-electron chi connectivity index (χ4n) is 1.07. The molecule has 18 heavy (non-hydrogen) atoms. The molecule has 0 aliphatic heterocycles. The number of fused-ring (bicyclic) bond motifs is 1. The zero-order valence-corrected chi connectivity index (χ0v) is 14.4. The van der Waals surface area contributed by atoms with Crippen LogP contribution in [0.15, 0.2) is 42.5 Å². The molecule has 0 atom stereocenters. The first-order chi connectivity index (χ1) is 8.52. The van der Waals surface area contributed by atoms with Crippen LogP contribution in [0, 0.1) is 0 Å². The van der Waals surface area contributed by atoms with Gasteiger partial charge in [0.25, 0.3) is 0 Å². The van der Waals surface area contributed by atoms with E-state index in [9.17, 15) is 0 Å². The van der Waals surface area contributed by atoms with Crippen molar-refractivity contribution in [1.29, 1.82) is 0 Å². The Hall–Kier alpha value is -0.189. The van der Waals surface area contributed by atoms with Crippen LogP contribution in [-0.2, 0) is 19.3 Å². The van der Waals surface area contributed by atoms with Gasteiger partial charge in [0.05, 0.1) is 0 Å². The van der Waals surface area contributed by atoms with Crippen molar-refractivity contribution >= 4 is 42.0 Å². The first-order valence-corrected chi connectivity index (χ1v) is 14.3. The molecule has 0 aliphatic rings. The van der Waals surface area contributed by atoms with E-state index in [-0.39, 0.29) is 6.19 Å². The summed E-state index contributed by atoms with van der Waals surface area (Å²) >= 11 is -1.42. The Morgan fingerprint density at radius 2 is 1.78 bits per heavy atom. The predicted octanol–water partition coefficient (Wildman–Crippen LogP) is 3.73. The van der Waals surface area contributed by atoms with Gasteiger partial charge in [-0.3, -0.25) is 0 Å². The minimum atomic E-state index is -1.42. The van der Waals surface area contributed by atoms with E-state index in [4.69, 9.17) is 23.4 Å². The number of amides is 1. The van der Waals surface area contributed by atoms with Crippen LogP contribution < -0.4 is 5.73 Å². The Labute approximate surface area is 122 Å². The van der Waals surface area contributed by atoms with Gasteiger partial charge in [0.15, 0.2) is 0 Å². The summed E-state index contributed by atoms with van der Waals surface area (Å²) in [6.45, 7) is 4.31. The minimum Gasteiger partial charge on any atom is -0.543 e. The summed E-state index contributed by atoms with van der Waals surface area (Å²) in [6.07, 6.45) is 0.746.